The van der Waals surface area contributed by atoms with E-state index in [2.05, 4.69) is 5.16 Å². The lowest BCUT2D eigenvalue weighted by Crippen LogP contribution is -1.90. The standard InChI is InChI=1S/C8H8ClNO/c1-6-3-2-4-7(5-6)8(9)10-11/h2-5,11H,1H3. The molecular formula is C8H8ClNO. The quantitative estimate of drug-likeness (QED) is 0.391. The van der Waals surface area contributed by atoms with Crippen LogP contribution in [0.1, 0.15) is 11.1 Å². The van der Waals surface area contributed by atoms with E-state index in [1.54, 1.807) is 6.07 Å². The van der Waals surface area contributed by atoms with E-state index in [1.165, 1.54) is 0 Å². The number of nitrogens with zero attached hydrogens (tertiary/aromatic N) is 1. The van der Waals surface area contributed by atoms with E-state index in [-0.39, 0.29) is 5.17 Å². The van der Waals surface area contributed by atoms with Crippen molar-refractivity contribution in [1.29, 1.82) is 0 Å². The van der Waals surface area contributed by atoms with Crippen LogP contribution in [0.4, 0.5) is 0 Å². The van der Waals surface area contributed by atoms with Gasteiger partial charge in [-0.2, -0.15) is 0 Å². The zero-order valence-corrected chi connectivity index (χ0v) is 6.84. The largest absolute Gasteiger partial charge is 0.410 e. The highest BCUT2D eigenvalue weighted by Crippen LogP contribution is 2.07. The Morgan fingerprint density at radius 2 is 2.27 bits per heavy atom. The summed E-state index contributed by atoms with van der Waals surface area (Å²) in [7, 11) is 0. The maximum absolute atomic E-state index is 8.34. The molecule has 0 aliphatic rings. The van der Waals surface area contributed by atoms with E-state index >= 15 is 0 Å². The molecule has 1 rings (SSSR count). The average Bonchev–Trinajstić information content (AvgIpc) is 2.03. The van der Waals surface area contributed by atoms with Crippen LogP contribution in [-0.2, 0) is 0 Å². The van der Waals surface area contributed by atoms with Crippen molar-refractivity contribution in [2.75, 3.05) is 0 Å². The van der Waals surface area contributed by atoms with Crippen LogP contribution in [0.2, 0.25) is 0 Å². The maximum Gasteiger partial charge on any atom is 0.175 e. The minimum absolute atomic E-state index is 0.119. The molecule has 0 aliphatic carbocycles. The smallest absolute Gasteiger partial charge is 0.175 e. The first-order valence-corrected chi connectivity index (χ1v) is 3.56. The number of hydrogen-bond acceptors (Lipinski definition) is 2. The van der Waals surface area contributed by atoms with Crippen molar-refractivity contribution in [3.8, 4) is 0 Å². The maximum atomic E-state index is 8.34. The van der Waals surface area contributed by atoms with Crippen molar-refractivity contribution in [1.82, 2.24) is 0 Å². The lowest BCUT2D eigenvalue weighted by molar-refractivity contribution is 0.321. The number of hydrogen-bond donors (Lipinski definition) is 1. The van der Waals surface area contributed by atoms with Gasteiger partial charge in [0, 0.05) is 5.56 Å². The first kappa shape index (κ1) is 8.08. The Morgan fingerprint density at radius 3 is 2.82 bits per heavy atom. The second-order valence-corrected chi connectivity index (χ2v) is 2.62. The van der Waals surface area contributed by atoms with Gasteiger partial charge in [0.1, 0.15) is 0 Å². The Morgan fingerprint density at radius 1 is 1.55 bits per heavy atom. The lowest BCUT2D eigenvalue weighted by Gasteiger charge is -1.96. The molecule has 0 saturated carbocycles. The number of oxime groups is 1. The molecule has 0 saturated heterocycles. The Bertz CT molecular complexity index is 283. The van der Waals surface area contributed by atoms with Gasteiger partial charge in [-0.1, -0.05) is 40.5 Å². The van der Waals surface area contributed by atoms with Crippen molar-refractivity contribution < 1.29 is 5.21 Å². The van der Waals surface area contributed by atoms with Crippen LogP contribution in [-0.4, -0.2) is 10.4 Å². The fraction of sp³-hybridized carbons (Fsp3) is 0.125. The SMILES string of the molecule is Cc1cccc(C(Cl)=NO)c1. The second kappa shape index (κ2) is 3.39. The number of rotatable bonds is 1. The van der Waals surface area contributed by atoms with Gasteiger partial charge in [0.15, 0.2) is 5.17 Å². The number of halogens is 1. The molecule has 0 heterocycles. The van der Waals surface area contributed by atoms with Gasteiger partial charge in [-0.05, 0) is 13.0 Å². The molecule has 0 radical (unpaired) electrons. The Hall–Kier alpha value is -1.02. The molecule has 0 atom stereocenters. The molecule has 0 bridgehead atoms. The van der Waals surface area contributed by atoms with E-state index in [0.29, 0.717) is 0 Å². The third-order valence-corrected chi connectivity index (χ3v) is 1.64. The summed E-state index contributed by atoms with van der Waals surface area (Å²) in [6, 6.07) is 7.44. The van der Waals surface area contributed by atoms with Crippen molar-refractivity contribution in [2.45, 2.75) is 6.92 Å². The van der Waals surface area contributed by atoms with Crippen LogP contribution in [0.15, 0.2) is 29.4 Å². The lowest BCUT2D eigenvalue weighted by atomic mass is 10.1. The molecule has 1 aromatic rings. The van der Waals surface area contributed by atoms with Gasteiger partial charge in [0.25, 0.3) is 0 Å². The van der Waals surface area contributed by atoms with Gasteiger partial charge in [-0.3, -0.25) is 0 Å². The van der Waals surface area contributed by atoms with Gasteiger partial charge in [-0.15, -0.1) is 0 Å². The van der Waals surface area contributed by atoms with E-state index in [1.807, 2.05) is 25.1 Å². The average molecular weight is 170 g/mol. The Labute approximate surface area is 70.1 Å². The molecule has 1 N–H and O–H groups in total. The zero-order chi connectivity index (χ0) is 8.27. The molecule has 0 aromatic heterocycles. The van der Waals surface area contributed by atoms with Crippen LogP contribution in [0.5, 0.6) is 0 Å². The highest BCUT2D eigenvalue weighted by Gasteiger charge is 1.98. The monoisotopic (exact) mass is 169 g/mol. The summed E-state index contributed by atoms with van der Waals surface area (Å²) in [4.78, 5) is 0. The summed E-state index contributed by atoms with van der Waals surface area (Å²) >= 11 is 5.56. The molecule has 0 amide bonds. The zero-order valence-electron chi connectivity index (χ0n) is 6.08. The normalized spacial score (nSPS) is 11.6. The second-order valence-electron chi connectivity index (χ2n) is 2.26. The topological polar surface area (TPSA) is 32.6 Å². The first-order valence-electron chi connectivity index (χ1n) is 3.18. The van der Waals surface area contributed by atoms with Gasteiger partial charge in [0.05, 0.1) is 0 Å². The van der Waals surface area contributed by atoms with Crippen LogP contribution in [0.25, 0.3) is 0 Å². The molecule has 0 aliphatic heterocycles. The fourth-order valence-corrected chi connectivity index (χ4v) is 0.949. The van der Waals surface area contributed by atoms with E-state index < -0.39 is 0 Å². The predicted octanol–water partition coefficient (Wildman–Crippen LogP) is 2.37. The van der Waals surface area contributed by atoms with Crippen molar-refractivity contribution >= 4 is 16.8 Å². The van der Waals surface area contributed by atoms with Gasteiger partial charge < -0.3 is 5.21 Å². The minimum atomic E-state index is 0.119. The molecule has 0 fully saturated rings. The summed E-state index contributed by atoms with van der Waals surface area (Å²) in [6.07, 6.45) is 0. The van der Waals surface area contributed by atoms with E-state index in [4.69, 9.17) is 16.8 Å². The van der Waals surface area contributed by atoms with Crippen LogP contribution in [0.3, 0.4) is 0 Å². The van der Waals surface area contributed by atoms with Crippen molar-refractivity contribution in [3.05, 3.63) is 35.4 Å². The molecule has 1 aromatic carbocycles. The molecule has 11 heavy (non-hydrogen) atoms. The summed E-state index contributed by atoms with van der Waals surface area (Å²) in [5.74, 6) is 0. The first-order chi connectivity index (χ1) is 5.24. The summed E-state index contributed by atoms with van der Waals surface area (Å²) in [5, 5.41) is 11.3. The predicted molar refractivity (Wildman–Crippen MR) is 45.4 cm³/mol. The van der Waals surface area contributed by atoms with Crippen LogP contribution in [0, 0.1) is 6.92 Å². The molecule has 2 nitrogen and oxygen atoms in total. The highest BCUT2D eigenvalue weighted by atomic mass is 35.5. The third kappa shape index (κ3) is 1.95. The van der Waals surface area contributed by atoms with Crippen molar-refractivity contribution in [2.24, 2.45) is 5.16 Å². The minimum Gasteiger partial charge on any atom is -0.410 e. The molecule has 58 valence electrons. The highest BCUT2D eigenvalue weighted by molar-refractivity contribution is 6.69. The van der Waals surface area contributed by atoms with Gasteiger partial charge in [-0.25, -0.2) is 0 Å². The molecule has 0 spiro atoms. The Balaban J connectivity index is 3.06. The van der Waals surface area contributed by atoms with Crippen molar-refractivity contribution in [3.63, 3.8) is 0 Å². The molecule has 3 heteroatoms. The van der Waals surface area contributed by atoms with Gasteiger partial charge in [0.2, 0.25) is 0 Å². The van der Waals surface area contributed by atoms with Crippen LogP contribution < -0.4 is 0 Å². The van der Waals surface area contributed by atoms with E-state index in [0.717, 1.165) is 11.1 Å². The summed E-state index contributed by atoms with van der Waals surface area (Å²) in [6.45, 7) is 1.95. The number of benzene rings is 1. The van der Waals surface area contributed by atoms with E-state index in [9.17, 15) is 0 Å². The van der Waals surface area contributed by atoms with Crippen LogP contribution >= 0.6 is 11.6 Å². The summed E-state index contributed by atoms with van der Waals surface area (Å²) < 4.78 is 0. The fourth-order valence-electron chi connectivity index (χ4n) is 0.831. The molecule has 0 unspecified atom stereocenters. The molecular weight excluding hydrogens is 162 g/mol. The number of aryl methyl sites for hydroxylation is 1. The Kier molecular flexibility index (Phi) is 2.49. The van der Waals surface area contributed by atoms with Gasteiger partial charge >= 0.3 is 0 Å². The summed E-state index contributed by atoms with van der Waals surface area (Å²) in [5.41, 5.74) is 1.82. The third-order valence-electron chi connectivity index (χ3n) is 1.34.